The van der Waals surface area contributed by atoms with Crippen LogP contribution in [0.25, 0.3) is 0 Å². The van der Waals surface area contributed by atoms with E-state index in [4.69, 9.17) is 14.0 Å². The van der Waals surface area contributed by atoms with Gasteiger partial charge in [-0.3, -0.25) is 0 Å². The third kappa shape index (κ3) is 2.41. The van der Waals surface area contributed by atoms with Crippen molar-refractivity contribution in [1.29, 1.82) is 0 Å². The first kappa shape index (κ1) is 12.8. The summed E-state index contributed by atoms with van der Waals surface area (Å²) in [5.41, 5.74) is 1.06. The lowest BCUT2D eigenvalue weighted by Gasteiger charge is -2.38. The van der Waals surface area contributed by atoms with Gasteiger partial charge in [0.05, 0.1) is 5.60 Å². The maximum atomic E-state index is 5.85. The Balaban J connectivity index is 1.41. The van der Waals surface area contributed by atoms with Crippen LogP contribution >= 0.6 is 0 Å². The van der Waals surface area contributed by atoms with Gasteiger partial charge in [-0.2, -0.15) is 4.98 Å². The molecule has 0 spiro atoms. The summed E-state index contributed by atoms with van der Waals surface area (Å²) in [6.45, 7) is 4.12. The molecular formula is C15H17N3O3. The number of nitrogens with one attached hydrogen (secondary N) is 1. The van der Waals surface area contributed by atoms with Crippen molar-refractivity contribution in [3.05, 3.63) is 41.5 Å². The highest BCUT2D eigenvalue weighted by atomic mass is 16.5. The van der Waals surface area contributed by atoms with Gasteiger partial charge in [0.2, 0.25) is 5.82 Å². The number of ether oxygens (including phenoxy) is 2. The molecule has 1 atom stereocenters. The lowest BCUT2D eigenvalue weighted by atomic mass is 10.0. The first-order chi connectivity index (χ1) is 10.2. The Labute approximate surface area is 122 Å². The highest BCUT2D eigenvalue weighted by Crippen LogP contribution is 2.35. The van der Waals surface area contributed by atoms with Crippen LogP contribution in [0.2, 0.25) is 0 Å². The van der Waals surface area contributed by atoms with Crippen molar-refractivity contribution in [3.8, 4) is 5.75 Å². The van der Waals surface area contributed by atoms with Gasteiger partial charge in [-0.25, -0.2) is 0 Å². The molecule has 1 aromatic carbocycles. The lowest BCUT2D eigenvalue weighted by Crippen LogP contribution is -2.58. The van der Waals surface area contributed by atoms with E-state index in [1.807, 2.05) is 18.2 Å². The molecule has 2 aliphatic heterocycles. The van der Waals surface area contributed by atoms with Gasteiger partial charge in [-0.15, -0.1) is 0 Å². The van der Waals surface area contributed by atoms with Crippen molar-refractivity contribution < 1.29 is 14.0 Å². The lowest BCUT2D eigenvalue weighted by molar-refractivity contribution is -0.0841. The van der Waals surface area contributed by atoms with E-state index >= 15 is 0 Å². The molecule has 0 radical (unpaired) electrons. The summed E-state index contributed by atoms with van der Waals surface area (Å²) in [4.78, 5) is 4.39. The fourth-order valence-corrected chi connectivity index (χ4v) is 2.60. The van der Waals surface area contributed by atoms with Crippen molar-refractivity contribution in [2.45, 2.75) is 31.7 Å². The zero-order valence-electron chi connectivity index (χ0n) is 11.8. The molecule has 1 unspecified atom stereocenters. The second-order valence-electron chi connectivity index (χ2n) is 5.81. The summed E-state index contributed by atoms with van der Waals surface area (Å²) < 4.78 is 16.9. The summed E-state index contributed by atoms with van der Waals surface area (Å²) in [6, 6.07) is 7.99. The second-order valence-corrected chi connectivity index (χ2v) is 5.81. The maximum Gasteiger partial charge on any atom is 0.252 e. The van der Waals surface area contributed by atoms with Gasteiger partial charge >= 0.3 is 0 Å². The molecule has 1 aromatic heterocycles. The van der Waals surface area contributed by atoms with Crippen molar-refractivity contribution in [2.75, 3.05) is 13.1 Å². The second kappa shape index (κ2) is 4.82. The minimum atomic E-state index is -0.166. The number of nitrogens with zero attached hydrogens (tertiary/aromatic N) is 2. The van der Waals surface area contributed by atoms with Crippen LogP contribution in [0.15, 0.2) is 28.8 Å². The molecule has 0 amide bonds. The van der Waals surface area contributed by atoms with E-state index in [1.165, 1.54) is 5.56 Å². The monoisotopic (exact) mass is 287 g/mol. The van der Waals surface area contributed by atoms with Crippen molar-refractivity contribution in [1.82, 2.24) is 15.5 Å². The molecule has 3 heterocycles. The number of hydrogen-bond acceptors (Lipinski definition) is 6. The highest BCUT2D eigenvalue weighted by Gasteiger charge is 2.33. The molecule has 110 valence electrons. The van der Waals surface area contributed by atoms with Gasteiger partial charge in [0.25, 0.3) is 5.89 Å². The van der Waals surface area contributed by atoms with Crippen LogP contribution in [0.4, 0.5) is 0 Å². The van der Waals surface area contributed by atoms with Gasteiger partial charge in [0.15, 0.2) is 6.10 Å². The average molecular weight is 287 g/mol. The standard InChI is InChI=1S/C15H17N3O3/c1-15(8-16-9-15)19-7-13-17-14(18-21-13)12-6-10-4-2-3-5-11(10)20-12/h2-5,12,16H,6-9H2,1H3. The number of hydrogen-bond donors (Lipinski definition) is 1. The van der Waals surface area contributed by atoms with Gasteiger partial charge in [0.1, 0.15) is 12.4 Å². The number of para-hydroxylation sites is 1. The Morgan fingerprint density at radius 2 is 2.24 bits per heavy atom. The molecule has 6 nitrogen and oxygen atoms in total. The van der Waals surface area contributed by atoms with E-state index in [0.717, 1.165) is 25.3 Å². The van der Waals surface area contributed by atoms with Crippen LogP contribution in [-0.2, 0) is 17.8 Å². The Bertz CT molecular complexity index is 626. The van der Waals surface area contributed by atoms with Crippen molar-refractivity contribution in [3.63, 3.8) is 0 Å². The number of fused-ring (bicyclic) bond motifs is 1. The minimum absolute atomic E-state index is 0.116. The van der Waals surface area contributed by atoms with Crippen LogP contribution in [0.1, 0.15) is 30.3 Å². The first-order valence-electron chi connectivity index (χ1n) is 7.14. The number of benzene rings is 1. The predicted octanol–water partition coefficient (Wildman–Crippen LogP) is 1.62. The normalized spacial score (nSPS) is 22.4. The molecule has 21 heavy (non-hydrogen) atoms. The quantitative estimate of drug-likeness (QED) is 0.921. The summed E-state index contributed by atoms with van der Waals surface area (Å²) in [7, 11) is 0. The van der Waals surface area contributed by atoms with E-state index in [0.29, 0.717) is 18.3 Å². The fourth-order valence-electron chi connectivity index (χ4n) is 2.60. The molecule has 0 saturated carbocycles. The highest BCUT2D eigenvalue weighted by molar-refractivity contribution is 5.37. The van der Waals surface area contributed by atoms with Crippen LogP contribution in [0.5, 0.6) is 5.75 Å². The molecule has 1 saturated heterocycles. The van der Waals surface area contributed by atoms with Crippen LogP contribution in [-0.4, -0.2) is 28.8 Å². The van der Waals surface area contributed by atoms with Crippen molar-refractivity contribution >= 4 is 0 Å². The average Bonchev–Trinajstić information content (AvgIpc) is 3.09. The summed E-state index contributed by atoms with van der Waals surface area (Å²) in [5, 5.41) is 7.21. The van der Waals surface area contributed by atoms with Gasteiger partial charge in [0, 0.05) is 19.5 Å². The minimum Gasteiger partial charge on any atom is -0.482 e. The molecular weight excluding hydrogens is 270 g/mol. The van der Waals surface area contributed by atoms with Crippen LogP contribution in [0, 0.1) is 0 Å². The number of rotatable bonds is 4. The first-order valence-corrected chi connectivity index (χ1v) is 7.14. The van der Waals surface area contributed by atoms with E-state index in [2.05, 4.69) is 28.4 Å². The van der Waals surface area contributed by atoms with Gasteiger partial charge in [-0.1, -0.05) is 23.4 Å². The van der Waals surface area contributed by atoms with E-state index < -0.39 is 0 Å². The molecule has 4 rings (SSSR count). The van der Waals surface area contributed by atoms with Gasteiger partial charge < -0.3 is 19.3 Å². The molecule has 0 bridgehead atoms. The Hall–Kier alpha value is -1.92. The molecule has 0 aliphatic carbocycles. The molecule has 1 N–H and O–H groups in total. The Kier molecular flexibility index (Phi) is 2.94. The van der Waals surface area contributed by atoms with E-state index in [-0.39, 0.29) is 11.7 Å². The maximum absolute atomic E-state index is 5.85. The SMILES string of the molecule is CC1(OCc2nc(C3Cc4ccccc4O3)no2)CNC1. The van der Waals surface area contributed by atoms with E-state index in [1.54, 1.807) is 0 Å². The Morgan fingerprint density at radius 3 is 3.00 bits per heavy atom. The predicted molar refractivity (Wildman–Crippen MR) is 73.9 cm³/mol. The molecule has 6 heteroatoms. The third-order valence-electron chi connectivity index (χ3n) is 3.96. The van der Waals surface area contributed by atoms with E-state index in [9.17, 15) is 0 Å². The molecule has 2 aliphatic rings. The number of aromatic nitrogens is 2. The summed E-state index contributed by atoms with van der Waals surface area (Å²) >= 11 is 0. The molecule has 2 aromatic rings. The van der Waals surface area contributed by atoms with Crippen LogP contribution in [0.3, 0.4) is 0 Å². The topological polar surface area (TPSA) is 69.4 Å². The fraction of sp³-hybridized carbons (Fsp3) is 0.467. The van der Waals surface area contributed by atoms with Crippen LogP contribution < -0.4 is 10.1 Å². The largest absolute Gasteiger partial charge is 0.482 e. The summed E-state index contributed by atoms with van der Waals surface area (Å²) in [6.07, 6.45) is 0.610. The Morgan fingerprint density at radius 1 is 1.38 bits per heavy atom. The zero-order valence-corrected chi connectivity index (χ0v) is 11.8. The third-order valence-corrected chi connectivity index (χ3v) is 3.96. The van der Waals surface area contributed by atoms with Crippen molar-refractivity contribution in [2.24, 2.45) is 0 Å². The molecule has 1 fully saturated rings. The summed E-state index contributed by atoms with van der Waals surface area (Å²) in [5.74, 6) is 1.98. The zero-order chi connectivity index (χ0) is 14.3. The van der Waals surface area contributed by atoms with Gasteiger partial charge in [-0.05, 0) is 18.6 Å². The smallest absolute Gasteiger partial charge is 0.252 e.